The molecule has 0 aliphatic heterocycles. The lowest BCUT2D eigenvalue weighted by atomic mass is 10.1. The molecule has 114 valence electrons. The maximum Gasteiger partial charge on any atom is 0.277 e. The Morgan fingerprint density at radius 1 is 1.23 bits per heavy atom. The summed E-state index contributed by atoms with van der Waals surface area (Å²) < 4.78 is 6.39. The second kappa shape index (κ2) is 7.75. The summed E-state index contributed by atoms with van der Waals surface area (Å²) in [5, 5.41) is 3.90. The van der Waals surface area contributed by atoms with E-state index in [9.17, 15) is 4.79 Å². The van der Waals surface area contributed by atoms with Gasteiger partial charge in [-0.3, -0.25) is 4.79 Å². The van der Waals surface area contributed by atoms with Crippen molar-refractivity contribution in [2.75, 3.05) is 6.61 Å². The van der Waals surface area contributed by atoms with Crippen molar-refractivity contribution in [3.63, 3.8) is 0 Å². The summed E-state index contributed by atoms with van der Waals surface area (Å²) in [6, 6.07) is 13.3. The van der Waals surface area contributed by atoms with Crippen molar-refractivity contribution in [3.8, 4) is 5.75 Å². The van der Waals surface area contributed by atoms with E-state index in [0.29, 0.717) is 5.75 Å². The summed E-state index contributed by atoms with van der Waals surface area (Å²) >= 11 is 3.38. The molecule has 0 atom stereocenters. The highest BCUT2D eigenvalue weighted by molar-refractivity contribution is 9.10. The lowest BCUT2D eigenvalue weighted by Crippen LogP contribution is -2.24. The van der Waals surface area contributed by atoms with Crippen LogP contribution in [-0.2, 0) is 4.79 Å². The molecular weight excluding hydrogens is 344 g/mol. The fraction of sp³-hybridized carbons (Fsp3) is 0.176. The number of hydrazone groups is 1. The minimum absolute atomic E-state index is 0.0711. The Balaban J connectivity index is 1.81. The first-order chi connectivity index (χ1) is 10.5. The Bertz CT molecular complexity index is 699. The Labute approximate surface area is 138 Å². The fourth-order valence-corrected chi connectivity index (χ4v) is 2.17. The maximum atomic E-state index is 11.7. The van der Waals surface area contributed by atoms with Gasteiger partial charge in [-0.15, -0.1) is 0 Å². The summed E-state index contributed by atoms with van der Waals surface area (Å²) in [4.78, 5) is 11.7. The maximum absolute atomic E-state index is 11.7. The molecule has 22 heavy (non-hydrogen) atoms. The molecule has 0 fully saturated rings. The first-order valence-corrected chi connectivity index (χ1v) is 7.61. The zero-order valence-corrected chi connectivity index (χ0v) is 14.1. The number of aryl methyl sites for hydroxylation is 2. The number of hydrogen-bond acceptors (Lipinski definition) is 3. The number of nitrogens with one attached hydrogen (secondary N) is 1. The van der Waals surface area contributed by atoms with E-state index < -0.39 is 0 Å². The predicted octanol–water partition coefficient (Wildman–Crippen LogP) is 3.60. The van der Waals surface area contributed by atoms with Crippen LogP contribution in [0.25, 0.3) is 0 Å². The van der Waals surface area contributed by atoms with Crippen LogP contribution in [0.5, 0.6) is 5.75 Å². The molecule has 5 heteroatoms. The van der Waals surface area contributed by atoms with Crippen molar-refractivity contribution in [2.45, 2.75) is 13.8 Å². The number of halogens is 1. The van der Waals surface area contributed by atoms with E-state index in [1.54, 1.807) is 6.21 Å². The second-order valence-corrected chi connectivity index (χ2v) is 5.80. The molecule has 0 aromatic heterocycles. The highest BCUT2D eigenvalue weighted by Gasteiger charge is 2.02. The van der Waals surface area contributed by atoms with Crippen LogP contribution in [0.3, 0.4) is 0 Å². The first-order valence-electron chi connectivity index (χ1n) is 6.82. The van der Waals surface area contributed by atoms with E-state index in [2.05, 4.69) is 26.5 Å². The zero-order chi connectivity index (χ0) is 15.9. The molecule has 1 amide bonds. The standard InChI is InChI=1S/C17H17BrN2O2/c1-12-6-7-16(8-13(12)2)22-11-17(21)20-19-10-14-4-3-5-15(18)9-14/h3-10H,11H2,1-2H3,(H,20,21)/b19-10+. The molecule has 2 aromatic carbocycles. The first kappa shape index (κ1) is 16.2. The molecule has 0 aliphatic carbocycles. The molecular formula is C17H17BrN2O2. The molecule has 0 unspecified atom stereocenters. The van der Waals surface area contributed by atoms with Crippen LogP contribution in [0.2, 0.25) is 0 Å². The topological polar surface area (TPSA) is 50.7 Å². The van der Waals surface area contributed by atoms with Crippen molar-refractivity contribution in [2.24, 2.45) is 5.10 Å². The third-order valence-corrected chi connectivity index (χ3v) is 3.59. The summed E-state index contributed by atoms with van der Waals surface area (Å²) in [5.41, 5.74) is 5.65. The molecule has 0 aliphatic rings. The average Bonchev–Trinajstić information content (AvgIpc) is 2.48. The molecule has 0 saturated heterocycles. The SMILES string of the molecule is Cc1ccc(OCC(=O)N/N=C/c2cccc(Br)c2)cc1C. The molecule has 1 N–H and O–H groups in total. The molecule has 0 spiro atoms. The monoisotopic (exact) mass is 360 g/mol. The van der Waals surface area contributed by atoms with Gasteiger partial charge in [0.1, 0.15) is 5.75 Å². The van der Waals surface area contributed by atoms with Gasteiger partial charge in [-0.2, -0.15) is 5.10 Å². The minimum Gasteiger partial charge on any atom is -0.484 e. The van der Waals surface area contributed by atoms with Crippen LogP contribution in [0.15, 0.2) is 52.0 Å². The van der Waals surface area contributed by atoms with Crippen molar-refractivity contribution in [1.82, 2.24) is 5.43 Å². The molecule has 0 heterocycles. The van der Waals surface area contributed by atoms with Gasteiger partial charge in [-0.25, -0.2) is 5.43 Å². The average molecular weight is 361 g/mol. The minimum atomic E-state index is -0.301. The van der Waals surface area contributed by atoms with Crippen molar-refractivity contribution >= 4 is 28.1 Å². The van der Waals surface area contributed by atoms with E-state index in [0.717, 1.165) is 15.6 Å². The number of carbonyl (C=O) groups is 1. The molecule has 0 radical (unpaired) electrons. The summed E-state index contributed by atoms with van der Waals surface area (Å²) in [5.74, 6) is 0.374. The third-order valence-electron chi connectivity index (χ3n) is 3.10. The molecule has 0 saturated carbocycles. The zero-order valence-electron chi connectivity index (χ0n) is 12.5. The van der Waals surface area contributed by atoms with E-state index >= 15 is 0 Å². The number of ether oxygens (including phenoxy) is 1. The Hall–Kier alpha value is -2.14. The summed E-state index contributed by atoms with van der Waals surface area (Å²) in [6.45, 7) is 3.96. The molecule has 2 aromatic rings. The summed E-state index contributed by atoms with van der Waals surface area (Å²) in [6.07, 6.45) is 1.58. The number of carbonyl (C=O) groups excluding carboxylic acids is 1. The lowest BCUT2D eigenvalue weighted by Gasteiger charge is -2.07. The normalized spacial score (nSPS) is 10.7. The van der Waals surface area contributed by atoms with Crippen molar-refractivity contribution < 1.29 is 9.53 Å². The van der Waals surface area contributed by atoms with Gasteiger partial charge in [-0.05, 0) is 54.8 Å². The highest BCUT2D eigenvalue weighted by atomic mass is 79.9. The predicted molar refractivity (Wildman–Crippen MR) is 91.3 cm³/mol. The van der Waals surface area contributed by atoms with Crippen LogP contribution < -0.4 is 10.2 Å². The third kappa shape index (κ3) is 5.00. The van der Waals surface area contributed by atoms with Crippen LogP contribution >= 0.6 is 15.9 Å². The largest absolute Gasteiger partial charge is 0.484 e. The fourth-order valence-electron chi connectivity index (χ4n) is 1.75. The molecule has 0 bridgehead atoms. The molecule has 2 rings (SSSR count). The number of hydrogen-bond donors (Lipinski definition) is 1. The second-order valence-electron chi connectivity index (χ2n) is 4.88. The Morgan fingerprint density at radius 2 is 2.05 bits per heavy atom. The van der Waals surface area contributed by atoms with Crippen LogP contribution in [0.4, 0.5) is 0 Å². The number of rotatable bonds is 5. The van der Waals surface area contributed by atoms with Gasteiger partial charge in [-0.1, -0.05) is 34.1 Å². The number of nitrogens with zero attached hydrogens (tertiary/aromatic N) is 1. The van der Waals surface area contributed by atoms with E-state index in [4.69, 9.17) is 4.74 Å². The van der Waals surface area contributed by atoms with Gasteiger partial charge in [0.2, 0.25) is 0 Å². The molecule has 4 nitrogen and oxygen atoms in total. The van der Waals surface area contributed by atoms with E-state index in [1.807, 2.05) is 56.3 Å². The van der Waals surface area contributed by atoms with Gasteiger partial charge >= 0.3 is 0 Å². The van der Waals surface area contributed by atoms with Crippen molar-refractivity contribution in [3.05, 3.63) is 63.6 Å². The number of benzene rings is 2. The van der Waals surface area contributed by atoms with Crippen LogP contribution in [0, 0.1) is 13.8 Å². The van der Waals surface area contributed by atoms with Gasteiger partial charge < -0.3 is 4.74 Å². The highest BCUT2D eigenvalue weighted by Crippen LogP contribution is 2.16. The Morgan fingerprint density at radius 3 is 2.77 bits per heavy atom. The summed E-state index contributed by atoms with van der Waals surface area (Å²) in [7, 11) is 0. The van der Waals surface area contributed by atoms with Crippen LogP contribution in [0.1, 0.15) is 16.7 Å². The van der Waals surface area contributed by atoms with Gasteiger partial charge in [0, 0.05) is 4.47 Å². The quantitative estimate of drug-likeness (QED) is 0.654. The smallest absolute Gasteiger partial charge is 0.277 e. The lowest BCUT2D eigenvalue weighted by molar-refractivity contribution is -0.123. The van der Waals surface area contributed by atoms with Crippen molar-refractivity contribution in [1.29, 1.82) is 0 Å². The number of amides is 1. The van der Waals surface area contributed by atoms with Crippen LogP contribution in [-0.4, -0.2) is 18.7 Å². The van der Waals surface area contributed by atoms with E-state index in [-0.39, 0.29) is 12.5 Å². The van der Waals surface area contributed by atoms with Gasteiger partial charge in [0.05, 0.1) is 6.21 Å². The van der Waals surface area contributed by atoms with E-state index in [1.165, 1.54) is 5.56 Å². The van der Waals surface area contributed by atoms with Gasteiger partial charge in [0.25, 0.3) is 5.91 Å². The van der Waals surface area contributed by atoms with Gasteiger partial charge in [0.15, 0.2) is 6.61 Å². The Kier molecular flexibility index (Phi) is 5.72.